The molecule has 0 bridgehead atoms. The third-order valence-electron chi connectivity index (χ3n) is 3.99. The molecule has 0 saturated carbocycles. The van der Waals surface area contributed by atoms with Crippen molar-refractivity contribution < 1.29 is 0 Å². The van der Waals surface area contributed by atoms with Crippen LogP contribution in [0.15, 0.2) is 22.7 Å². The third-order valence-corrected chi connectivity index (χ3v) is 4.85. The first-order valence-corrected chi connectivity index (χ1v) is 7.03. The van der Waals surface area contributed by atoms with Crippen molar-refractivity contribution in [2.24, 2.45) is 0 Å². The van der Waals surface area contributed by atoms with Gasteiger partial charge in [-0.05, 0) is 51.4 Å². The van der Waals surface area contributed by atoms with Gasteiger partial charge in [-0.1, -0.05) is 22.0 Å². The van der Waals surface area contributed by atoms with E-state index in [1.165, 1.54) is 28.6 Å². The smallest absolute Gasteiger partial charge is 0.0377 e. The lowest BCUT2D eigenvalue weighted by atomic mass is 9.89. The quantitative estimate of drug-likeness (QED) is 0.900. The van der Waals surface area contributed by atoms with Crippen LogP contribution in [0, 0.1) is 6.92 Å². The largest absolute Gasteiger partial charge is 0.371 e. The Morgan fingerprint density at radius 2 is 1.94 bits per heavy atom. The molecule has 0 aromatic heterocycles. The highest BCUT2D eigenvalue weighted by atomic mass is 79.9. The second-order valence-electron chi connectivity index (χ2n) is 5.23. The van der Waals surface area contributed by atoms with E-state index in [4.69, 9.17) is 0 Å². The molecule has 0 radical (unpaired) electrons. The summed E-state index contributed by atoms with van der Waals surface area (Å²) in [6, 6.07) is 6.64. The number of halogens is 1. The Kier molecular flexibility index (Phi) is 3.79. The van der Waals surface area contributed by atoms with Gasteiger partial charge in [0.25, 0.3) is 0 Å². The van der Waals surface area contributed by atoms with Crippen molar-refractivity contribution in [3.8, 4) is 0 Å². The zero-order chi connectivity index (χ0) is 12.5. The van der Waals surface area contributed by atoms with E-state index < -0.39 is 0 Å². The molecule has 1 fully saturated rings. The summed E-state index contributed by atoms with van der Waals surface area (Å²) in [7, 11) is 2.07. The summed E-state index contributed by atoms with van der Waals surface area (Å²) in [5, 5.41) is 3.44. The molecule has 17 heavy (non-hydrogen) atoms. The Balaban J connectivity index is 2.08. The van der Waals surface area contributed by atoms with Crippen LogP contribution in [-0.4, -0.2) is 25.7 Å². The van der Waals surface area contributed by atoms with Crippen molar-refractivity contribution >= 4 is 21.6 Å². The van der Waals surface area contributed by atoms with E-state index in [1.807, 2.05) is 0 Å². The Labute approximate surface area is 113 Å². The third kappa shape index (κ3) is 2.83. The van der Waals surface area contributed by atoms with Gasteiger partial charge in [-0.25, -0.2) is 0 Å². The van der Waals surface area contributed by atoms with Crippen molar-refractivity contribution in [3.05, 3.63) is 28.2 Å². The molecule has 1 aromatic carbocycles. The number of hydrogen-bond donors (Lipinski definition) is 1. The maximum Gasteiger partial charge on any atom is 0.0377 e. The van der Waals surface area contributed by atoms with Gasteiger partial charge in [-0.15, -0.1) is 0 Å². The summed E-state index contributed by atoms with van der Waals surface area (Å²) in [5.41, 5.74) is 2.95. The molecule has 0 unspecified atom stereocenters. The van der Waals surface area contributed by atoms with E-state index in [0.29, 0.717) is 5.54 Å². The highest BCUT2D eigenvalue weighted by Gasteiger charge is 2.28. The van der Waals surface area contributed by atoms with Gasteiger partial charge >= 0.3 is 0 Å². The second-order valence-corrected chi connectivity index (χ2v) is 6.09. The molecule has 1 saturated heterocycles. The molecule has 1 aromatic rings. The summed E-state index contributed by atoms with van der Waals surface area (Å²) < 4.78 is 1.21. The first-order chi connectivity index (χ1) is 8.04. The minimum atomic E-state index is 0.318. The number of anilines is 1. The van der Waals surface area contributed by atoms with Crippen LogP contribution in [0.4, 0.5) is 5.69 Å². The average Bonchev–Trinajstić information content (AvgIpc) is 2.34. The number of rotatable bonds is 2. The fourth-order valence-electron chi connectivity index (χ4n) is 2.29. The molecule has 1 aliphatic rings. The van der Waals surface area contributed by atoms with Crippen LogP contribution in [0.3, 0.4) is 0 Å². The number of aryl methyl sites for hydroxylation is 1. The van der Waals surface area contributed by atoms with Gasteiger partial charge < -0.3 is 10.2 Å². The zero-order valence-corrected chi connectivity index (χ0v) is 12.5. The van der Waals surface area contributed by atoms with Crippen molar-refractivity contribution in [2.75, 3.05) is 25.0 Å². The van der Waals surface area contributed by atoms with Crippen LogP contribution in [0.2, 0.25) is 0 Å². The fourth-order valence-corrected chi connectivity index (χ4v) is 2.65. The van der Waals surface area contributed by atoms with Gasteiger partial charge in [-0.2, -0.15) is 0 Å². The summed E-state index contributed by atoms with van der Waals surface area (Å²) in [5.74, 6) is 0. The van der Waals surface area contributed by atoms with Crippen LogP contribution >= 0.6 is 15.9 Å². The predicted molar refractivity (Wildman–Crippen MR) is 77.8 cm³/mol. The Morgan fingerprint density at radius 3 is 2.47 bits per heavy atom. The van der Waals surface area contributed by atoms with Crippen LogP contribution in [0.5, 0.6) is 0 Å². The van der Waals surface area contributed by atoms with Crippen LogP contribution in [0.1, 0.15) is 25.3 Å². The lowest BCUT2D eigenvalue weighted by molar-refractivity contribution is 0.305. The van der Waals surface area contributed by atoms with Crippen LogP contribution in [0.25, 0.3) is 0 Å². The van der Waals surface area contributed by atoms with Crippen molar-refractivity contribution in [2.45, 2.75) is 32.2 Å². The SMILES string of the molecule is CNC1(C)CCN(c2ccc(C)c(Br)c2)CC1. The van der Waals surface area contributed by atoms with Crippen molar-refractivity contribution in [1.29, 1.82) is 0 Å². The number of benzene rings is 1. The molecule has 1 N–H and O–H groups in total. The maximum absolute atomic E-state index is 3.61. The van der Waals surface area contributed by atoms with E-state index in [-0.39, 0.29) is 0 Å². The second kappa shape index (κ2) is 4.99. The van der Waals surface area contributed by atoms with Gasteiger partial charge in [0.15, 0.2) is 0 Å². The van der Waals surface area contributed by atoms with E-state index in [0.717, 1.165) is 13.1 Å². The lowest BCUT2D eigenvalue weighted by Crippen LogP contribution is -2.50. The van der Waals surface area contributed by atoms with Crippen molar-refractivity contribution in [1.82, 2.24) is 5.32 Å². The Morgan fingerprint density at radius 1 is 1.29 bits per heavy atom. The first-order valence-electron chi connectivity index (χ1n) is 6.24. The van der Waals surface area contributed by atoms with E-state index in [9.17, 15) is 0 Å². The summed E-state index contributed by atoms with van der Waals surface area (Å²) in [6.07, 6.45) is 2.41. The maximum atomic E-state index is 3.61. The predicted octanol–water partition coefficient (Wildman–Crippen LogP) is 3.34. The molecule has 3 heteroatoms. The standard InChI is InChI=1S/C14H21BrN2/c1-11-4-5-12(10-13(11)15)17-8-6-14(2,16-3)7-9-17/h4-5,10,16H,6-9H2,1-3H3. The molecule has 1 aliphatic heterocycles. The molecule has 0 spiro atoms. The van der Waals surface area contributed by atoms with Gasteiger partial charge in [0, 0.05) is 28.8 Å². The number of hydrogen-bond acceptors (Lipinski definition) is 2. The summed E-state index contributed by atoms with van der Waals surface area (Å²) >= 11 is 3.61. The molecule has 0 aliphatic carbocycles. The lowest BCUT2D eigenvalue weighted by Gasteiger charge is -2.40. The summed E-state index contributed by atoms with van der Waals surface area (Å²) in [4.78, 5) is 2.48. The zero-order valence-electron chi connectivity index (χ0n) is 10.9. The number of piperidine rings is 1. The molecular weight excluding hydrogens is 276 g/mol. The monoisotopic (exact) mass is 296 g/mol. The average molecular weight is 297 g/mol. The molecule has 2 nitrogen and oxygen atoms in total. The molecule has 94 valence electrons. The number of nitrogens with zero attached hydrogens (tertiary/aromatic N) is 1. The van der Waals surface area contributed by atoms with Gasteiger partial charge in [0.05, 0.1) is 0 Å². The summed E-state index contributed by atoms with van der Waals surface area (Å²) in [6.45, 7) is 6.71. The van der Waals surface area contributed by atoms with E-state index in [1.54, 1.807) is 0 Å². The van der Waals surface area contributed by atoms with E-state index >= 15 is 0 Å². The topological polar surface area (TPSA) is 15.3 Å². The van der Waals surface area contributed by atoms with Crippen LogP contribution in [-0.2, 0) is 0 Å². The Hall–Kier alpha value is -0.540. The molecule has 0 amide bonds. The fraction of sp³-hybridized carbons (Fsp3) is 0.571. The van der Waals surface area contributed by atoms with Gasteiger partial charge in [0.2, 0.25) is 0 Å². The normalized spacial score (nSPS) is 19.4. The highest BCUT2D eigenvalue weighted by molar-refractivity contribution is 9.10. The Bertz CT molecular complexity index is 395. The first kappa shape index (κ1) is 12.9. The van der Waals surface area contributed by atoms with E-state index in [2.05, 4.69) is 65.2 Å². The molecular formula is C14H21BrN2. The molecule has 2 rings (SSSR count). The minimum absolute atomic E-state index is 0.318. The highest BCUT2D eigenvalue weighted by Crippen LogP contribution is 2.28. The minimum Gasteiger partial charge on any atom is -0.371 e. The van der Waals surface area contributed by atoms with Crippen LogP contribution < -0.4 is 10.2 Å². The molecule has 1 heterocycles. The number of nitrogens with one attached hydrogen (secondary N) is 1. The van der Waals surface area contributed by atoms with Crippen molar-refractivity contribution in [3.63, 3.8) is 0 Å². The van der Waals surface area contributed by atoms with Gasteiger partial charge in [-0.3, -0.25) is 0 Å². The molecule has 0 atom stereocenters. The van der Waals surface area contributed by atoms with Gasteiger partial charge in [0.1, 0.15) is 0 Å².